The molecule has 1 aliphatic rings. The van der Waals surface area contributed by atoms with Crippen LogP contribution in [0, 0.1) is 11.8 Å². The molecule has 0 heterocycles. The van der Waals surface area contributed by atoms with Crippen molar-refractivity contribution in [1.82, 2.24) is 0 Å². The highest BCUT2D eigenvalue weighted by molar-refractivity contribution is 4.59. The number of hydrogen-bond acceptors (Lipinski definition) is 1. The van der Waals surface area contributed by atoms with Crippen molar-refractivity contribution in [2.75, 3.05) is 7.05 Å². The summed E-state index contributed by atoms with van der Waals surface area (Å²) in [7, 11) is 1.50. The van der Waals surface area contributed by atoms with Crippen LogP contribution >= 0.6 is 0 Å². The Hall–Kier alpha value is -0.0400. The molecule has 0 amide bonds. The predicted octanol–water partition coefficient (Wildman–Crippen LogP) is 4.60. The van der Waals surface area contributed by atoms with Crippen LogP contribution in [0.5, 0.6) is 0 Å². The summed E-state index contributed by atoms with van der Waals surface area (Å²) in [4.78, 5) is 0. The van der Waals surface area contributed by atoms with Crippen LogP contribution in [-0.2, 0) is 0 Å². The van der Waals surface area contributed by atoms with Crippen LogP contribution in [0.1, 0.15) is 72.6 Å². The SMILES string of the molecule is CC1CCCCC1.CCCC(C)C.CN. The van der Waals surface area contributed by atoms with Gasteiger partial charge in [-0.3, -0.25) is 0 Å². The van der Waals surface area contributed by atoms with Crippen molar-refractivity contribution < 1.29 is 0 Å². The van der Waals surface area contributed by atoms with Crippen LogP contribution in [0.3, 0.4) is 0 Å². The van der Waals surface area contributed by atoms with Gasteiger partial charge in [0.15, 0.2) is 0 Å². The van der Waals surface area contributed by atoms with Gasteiger partial charge in [-0.15, -0.1) is 0 Å². The van der Waals surface area contributed by atoms with Crippen LogP contribution < -0.4 is 5.73 Å². The predicted molar refractivity (Wildman–Crippen MR) is 72.1 cm³/mol. The molecule has 0 saturated heterocycles. The first-order chi connectivity index (χ1) is 7.16. The van der Waals surface area contributed by atoms with Crippen molar-refractivity contribution in [2.45, 2.75) is 72.6 Å². The van der Waals surface area contributed by atoms with Gasteiger partial charge in [0.1, 0.15) is 0 Å². The van der Waals surface area contributed by atoms with Gasteiger partial charge < -0.3 is 5.73 Å². The molecule has 1 heteroatoms. The fourth-order valence-electron chi connectivity index (χ4n) is 1.88. The maximum absolute atomic E-state index is 4.50. The number of nitrogens with two attached hydrogens (primary N) is 1. The van der Waals surface area contributed by atoms with Crippen molar-refractivity contribution >= 4 is 0 Å². The molecule has 1 aliphatic carbocycles. The Balaban J connectivity index is 0. The third-order valence-electron chi connectivity index (χ3n) is 2.76. The highest BCUT2D eigenvalue weighted by Crippen LogP contribution is 2.22. The van der Waals surface area contributed by atoms with E-state index in [0.717, 1.165) is 11.8 Å². The van der Waals surface area contributed by atoms with E-state index in [1.165, 1.54) is 52.0 Å². The molecule has 0 atom stereocenters. The van der Waals surface area contributed by atoms with Gasteiger partial charge in [-0.1, -0.05) is 72.6 Å². The smallest absolute Gasteiger partial charge is 0.0195 e. The molecule has 0 radical (unpaired) electrons. The number of hydrogen-bond donors (Lipinski definition) is 1. The van der Waals surface area contributed by atoms with E-state index in [2.05, 4.69) is 33.4 Å². The second-order valence-corrected chi connectivity index (χ2v) is 4.93. The summed E-state index contributed by atoms with van der Waals surface area (Å²) in [5, 5.41) is 0. The fraction of sp³-hybridized carbons (Fsp3) is 1.00. The standard InChI is InChI=1S/C7H14.C6H14.CH5N/c1-7-5-3-2-4-6-7;1-4-5-6(2)3;1-2/h7H,2-6H2,1H3;6H,4-5H2,1-3H3;2H2,1H3. The molecule has 1 fully saturated rings. The molecule has 2 N–H and O–H groups in total. The van der Waals surface area contributed by atoms with Crippen LogP contribution in [0.4, 0.5) is 0 Å². The average Bonchev–Trinajstić information content (AvgIpc) is 2.22. The summed E-state index contributed by atoms with van der Waals surface area (Å²) in [6.45, 7) is 9.09. The van der Waals surface area contributed by atoms with E-state index < -0.39 is 0 Å². The van der Waals surface area contributed by atoms with Gasteiger partial charge in [-0.05, 0) is 18.9 Å². The Morgan fingerprint density at radius 1 is 1.07 bits per heavy atom. The zero-order chi connectivity index (χ0) is 12.1. The summed E-state index contributed by atoms with van der Waals surface area (Å²) in [5.74, 6) is 1.93. The zero-order valence-corrected chi connectivity index (χ0v) is 11.7. The van der Waals surface area contributed by atoms with Gasteiger partial charge in [0.25, 0.3) is 0 Å². The second-order valence-electron chi connectivity index (χ2n) is 4.93. The molecule has 0 aliphatic heterocycles. The zero-order valence-electron chi connectivity index (χ0n) is 11.7. The molecule has 1 rings (SSSR count). The lowest BCUT2D eigenvalue weighted by molar-refractivity contribution is 0.385. The second kappa shape index (κ2) is 14.0. The van der Waals surface area contributed by atoms with E-state index >= 15 is 0 Å². The minimum atomic E-state index is 0.898. The van der Waals surface area contributed by atoms with E-state index in [-0.39, 0.29) is 0 Å². The molecule has 0 unspecified atom stereocenters. The van der Waals surface area contributed by atoms with E-state index in [9.17, 15) is 0 Å². The monoisotopic (exact) mass is 215 g/mol. The first-order valence-electron chi connectivity index (χ1n) is 6.74. The molecule has 1 nitrogen and oxygen atoms in total. The van der Waals surface area contributed by atoms with Crippen LogP contribution in [0.2, 0.25) is 0 Å². The van der Waals surface area contributed by atoms with Gasteiger partial charge in [0.2, 0.25) is 0 Å². The Bertz CT molecular complexity index is 93.5. The van der Waals surface area contributed by atoms with Crippen molar-refractivity contribution in [3.8, 4) is 0 Å². The maximum atomic E-state index is 4.50. The normalized spacial score (nSPS) is 16.2. The van der Waals surface area contributed by atoms with E-state index in [4.69, 9.17) is 0 Å². The Morgan fingerprint density at radius 2 is 1.53 bits per heavy atom. The van der Waals surface area contributed by atoms with Crippen LogP contribution in [0.15, 0.2) is 0 Å². The third kappa shape index (κ3) is 16.6. The molecule has 94 valence electrons. The molecule has 1 saturated carbocycles. The Morgan fingerprint density at radius 3 is 1.67 bits per heavy atom. The first kappa shape index (κ1) is 17.4. The van der Waals surface area contributed by atoms with Crippen molar-refractivity contribution in [3.05, 3.63) is 0 Å². The van der Waals surface area contributed by atoms with Crippen LogP contribution in [-0.4, -0.2) is 7.05 Å². The maximum Gasteiger partial charge on any atom is -0.0195 e. The van der Waals surface area contributed by atoms with Gasteiger partial charge in [0.05, 0.1) is 0 Å². The van der Waals surface area contributed by atoms with Crippen LogP contribution in [0.25, 0.3) is 0 Å². The molecule has 0 aromatic heterocycles. The summed E-state index contributed by atoms with van der Waals surface area (Å²) < 4.78 is 0. The summed E-state index contributed by atoms with van der Waals surface area (Å²) in [6, 6.07) is 0. The highest BCUT2D eigenvalue weighted by atomic mass is 14.4. The van der Waals surface area contributed by atoms with E-state index in [0.29, 0.717) is 0 Å². The van der Waals surface area contributed by atoms with Gasteiger partial charge >= 0.3 is 0 Å². The summed E-state index contributed by atoms with van der Waals surface area (Å²) in [6.07, 6.45) is 10.1. The van der Waals surface area contributed by atoms with Crippen molar-refractivity contribution in [3.63, 3.8) is 0 Å². The average molecular weight is 215 g/mol. The molecule has 0 aromatic carbocycles. The molecule has 15 heavy (non-hydrogen) atoms. The fourth-order valence-corrected chi connectivity index (χ4v) is 1.88. The minimum Gasteiger partial charge on any atom is -0.333 e. The Labute approximate surface area is 97.8 Å². The number of rotatable bonds is 2. The van der Waals surface area contributed by atoms with E-state index in [1.807, 2.05) is 0 Å². The lowest BCUT2D eigenvalue weighted by Crippen LogP contribution is -1.99. The third-order valence-corrected chi connectivity index (χ3v) is 2.76. The van der Waals surface area contributed by atoms with Gasteiger partial charge in [-0.2, -0.15) is 0 Å². The van der Waals surface area contributed by atoms with E-state index in [1.54, 1.807) is 0 Å². The van der Waals surface area contributed by atoms with Crippen molar-refractivity contribution in [2.24, 2.45) is 17.6 Å². The minimum absolute atomic E-state index is 0.898. The summed E-state index contributed by atoms with van der Waals surface area (Å²) >= 11 is 0. The molecule has 0 aromatic rings. The molecular weight excluding hydrogens is 182 g/mol. The highest BCUT2D eigenvalue weighted by Gasteiger charge is 2.05. The summed E-state index contributed by atoms with van der Waals surface area (Å²) in [5.41, 5.74) is 4.50. The topological polar surface area (TPSA) is 26.0 Å². The molecular formula is C14H33N. The quantitative estimate of drug-likeness (QED) is 0.715. The largest absolute Gasteiger partial charge is 0.333 e. The van der Waals surface area contributed by atoms with Gasteiger partial charge in [0, 0.05) is 0 Å². The first-order valence-corrected chi connectivity index (χ1v) is 6.74. The van der Waals surface area contributed by atoms with Gasteiger partial charge in [-0.25, -0.2) is 0 Å². The van der Waals surface area contributed by atoms with Crippen molar-refractivity contribution in [1.29, 1.82) is 0 Å². The molecule has 0 spiro atoms. The molecule has 0 bridgehead atoms. The lowest BCUT2D eigenvalue weighted by Gasteiger charge is -2.15. The Kier molecular flexibility index (Phi) is 16.2. The lowest BCUT2D eigenvalue weighted by atomic mass is 9.91.